The molecule has 5 aliphatic rings. The zero-order valence-corrected chi connectivity index (χ0v) is 19.4. The second kappa shape index (κ2) is 7.51. The fraction of sp³-hybridized carbons (Fsp3) is 0.667. The summed E-state index contributed by atoms with van der Waals surface area (Å²) in [7, 11) is 0. The van der Waals surface area contributed by atoms with Crippen molar-refractivity contribution in [3.63, 3.8) is 0 Å². The summed E-state index contributed by atoms with van der Waals surface area (Å²) in [6.45, 7) is 0.359. The van der Waals surface area contributed by atoms with Crippen molar-refractivity contribution in [1.82, 2.24) is 29.5 Å². The summed E-state index contributed by atoms with van der Waals surface area (Å²) in [5.41, 5.74) is 0.427. The monoisotopic (exact) mass is 486 g/mol. The van der Waals surface area contributed by atoms with E-state index in [1.54, 1.807) is 6.07 Å². The number of hydrogen-bond acceptors (Lipinski definition) is 6. The predicted molar refractivity (Wildman–Crippen MR) is 118 cm³/mol. The molecule has 11 heteroatoms. The van der Waals surface area contributed by atoms with Gasteiger partial charge in [-0.2, -0.15) is 13.9 Å². The van der Waals surface area contributed by atoms with Crippen LogP contribution in [0.1, 0.15) is 56.3 Å². The van der Waals surface area contributed by atoms with Gasteiger partial charge in [0.05, 0.1) is 12.2 Å². The van der Waals surface area contributed by atoms with Gasteiger partial charge >= 0.3 is 12.6 Å². The predicted octanol–water partition coefficient (Wildman–Crippen LogP) is 3.45. The van der Waals surface area contributed by atoms with Crippen LogP contribution in [0, 0.1) is 10.8 Å². The van der Waals surface area contributed by atoms with E-state index in [-0.39, 0.29) is 28.8 Å². The van der Waals surface area contributed by atoms with E-state index in [9.17, 15) is 13.6 Å². The maximum absolute atomic E-state index is 12.9. The highest BCUT2D eigenvalue weighted by molar-refractivity contribution is 5.77. The van der Waals surface area contributed by atoms with Gasteiger partial charge in [-0.3, -0.25) is 0 Å². The number of amides is 2. The molecule has 186 valence electrons. The Balaban J connectivity index is 0.830. The fourth-order valence-corrected chi connectivity index (χ4v) is 6.41. The molecule has 2 aliphatic heterocycles. The number of urea groups is 1. The Hall–Kier alpha value is -2.98. The molecule has 0 atom stereocenters. The van der Waals surface area contributed by atoms with Crippen LogP contribution in [0.25, 0.3) is 0 Å². The zero-order valence-electron chi connectivity index (χ0n) is 19.4. The molecule has 3 saturated carbocycles. The first kappa shape index (κ1) is 21.3. The summed E-state index contributed by atoms with van der Waals surface area (Å²) in [6.07, 6.45) is 9.72. The van der Waals surface area contributed by atoms with E-state index >= 15 is 0 Å². The minimum Gasteiger partial charge on any atom is -0.489 e. The molecule has 2 saturated heterocycles. The minimum atomic E-state index is -2.89. The SMILES string of the molecule is O=C(N1CC2(CC(Oc3ccc(OC(F)F)nc3)C2)C1)N1CC2(CC(n3cnc(C4CC4)n3)C2)C1. The van der Waals surface area contributed by atoms with E-state index in [0.29, 0.717) is 17.7 Å². The number of halogens is 2. The molecular formula is C24H28F2N6O3. The van der Waals surface area contributed by atoms with Gasteiger partial charge in [-0.05, 0) is 44.6 Å². The summed E-state index contributed by atoms with van der Waals surface area (Å²) >= 11 is 0. The topological polar surface area (TPSA) is 85.6 Å². The number of alkyl halides is 2. The second-order valence-corrected chi connectivity index (χ2v) is 11.3. The van der Waals surface area contributed by atoms with Crippen LogP contribution < -0.4 is 9.47 Å². The molecule has 0 unspecified atom stereocenters. The number of ether oxygens (including phenoxy) is 2. The third-order valence-electron chi connectivity index (χ3n) is 8.37. The van der Waals surface area contributed by atoms with Crippen molar-refractivity contribution in [3.8, 4) is 11.6 Å². The maximum Gasteiger partial charge on any atom is 0.388 e. The molecule has 7 rings (SSSR count). The summed E-state index contributed by atoms with van der Waals surface area (Å²) in [6, 6.07) is 3.55. The third-order valence-corrected chi connectivity index (χ3v) is 8.37. The van der Waals surface area contributed by atoms with Gasteiger partial charge in [-0.15, -0.1) is 0 Å². The van der Waals surface area contributed by atoms with Crippen LogP contribution in [0.3, 0.4) is 0 Å². The number of pyridine rings is 1. The Morgan fingerprint density at radius 2 is 1.69 bits per heavy atom. The van der Waals surface area contributed by atoms with Crippen LogP contribution in [-0.2, 0) is 0 Å². The number of likely N-dealkylation sites (tertiary alicyclic amines) is 2. The van der Waals surface area contributed by atoms with E-state index in [0.717, 1.165) is 57.7 Å². The average molecular weight is 487 g/mol. The molecule has 4 heterocycles. The lowest BCUT2D eigenvalue weighted by molar-refractivity contribution is -0.121. The van der Waals surface area contributed by atoms with Crippen LogP contribution in [-0.4, -0.2) is 74.5 Å². The first-order valence-electron chi connectivity index (χ1n) is 12.4. The Morgan fingerprint density at radius 1 is 1.00 bits per heavy atom. The van der Waals surface area contributed by atoms with Gasteiger partial charge in [0.15, 0.2) is 5.82 Å². The summed E-state index contributed by atoms with van der Waals surface area (Å²) < 4.78 is 36.6. The van der Waals surface area contributed by atoms with E-state index in [1.807, 2.05) is 20.8 Å². The summed E-state index contributed by atoms with van der Waals surface area (Å²) in [4.78, 5) is 25.1. The van der Waals surface area contributed by atoms with Crippen molar-refractivity contribution < 1.29 is 23.0 Å². The smallest absolute Gasteiger partial charge is 0.388 e. The number of rotatable bonds is 6. The number of hydrogen-bond donors (Lipinski definition) is 0. The standard InChI is InChI=1S/C24H28F2N6O3/c25-21(26)35-19-4-3-17(9-27-19)34-18-7-24(8-18)12-31(13-24)22(33)30-10-23(11-30)5-16(6-23)32-14-28-20(29-32)15-1-2-15/h3-4,9,14-16,18,21H,1-2,5-8,10-13H2. The van der Waals surface area contributed by atoms with Gasteiger partial charge < -0.3 is 19.3 Å². The lowest BCUT2D eigenvalue weighted by Crippen LogP contribution is -2.71. The molecule has 35 heavy (non-hydrogen) atoms. The van der Waals surface area contributed by atoms with Gasteiger partial charge in [0, 0.05) is 49.0 Å². The molecule has 3 aliphatic carbocycles. The molecule has 0 N–H and O–H groups in total. The van der Waals surface area contributed by atoms with Crippen LogP contribution in [0.5, 0.6) is 11.6 Å². The zero-order chi connectivity index (χ0) is 23.8. The van der Waals surface area contributed by atoms with Crippen molar-refractivity contribution >= 4 is 6.03 Å². The first-order chi connectivity index (χ1) is 16.9. The highest BCUT2D eigenvalue weighted by atomic mass is 19.3. The van der Waals surface area contributed by atoms with E-state index in [4.69, 9.17) is 4.74 Å². The van der Waals surface area contributed by atoms with E-state index in [1.165, 1.54) is 25.1 Å². The Bertz CT molecular complexity index is 1110. The molecule has 2 spiro atoms. The first-order valence-corrected chi connectivity index (χ1v) is 12.4. The van der Waals surface area contributed by atoms with Gasteiger partial charge in [0.25, 0.3) is 0 Å². The van der Waals surface area contributed by atoms with Crippen molar-refractivity contribution in [3.05, 3.63) is 30.5 Å². The molecular weight excluding hydrogens is 458 g/mol. The van der Waals surface area contributed by atoms with Crippen molar-refractivity contribution in [2.45, 2.75) is 63.2 Å². The normalized spacial score (nSPS) is 24.7. The molecule has 0 aromatic carbocycles. The highest BCUT2D eigenvalue weighted by Gasteiger charge is 2.59. The van der Waals surface area contributed by atoms with E-state index in [2.05, 4.69) is 19.8 Å². The molecule has 5 fully saturated rings. The van der Waals surface area contributed by atoms with Crippen LogP contribution in [0.2, 0.25) is 0 Å². The molecule has 2 aromatic heterocycles. The van der Waals surface area contributed by atoms with Crippen LogP contribution in [0.15, 0.2) is 24.7 Å². The number of nitrogens with zero attached hydrogens (tertiary/aromatic N) is 6. The number of carbonyl (C=O) groups is 1. The van der Waals surface area contributed by atoms with Crippen LogP contribution >= 0.6 is 0 Å². The van der Waals surface area contributed by atoms with Crippen molar-refractivity contribution in [1.29, 1.82) is 0 Å². The van der Waals surface area contributed by atoms with Gasteiger partial charge in [0.2, 0.25) is 5.88 Å². The molecule has 0 bridgehead atoms. The highest BCUT2D eigenvalue weighted by Crippen LogP contribution is 2.55. The minimum absolute atomic E-state index is 0.0623. The Morgan fingerprint density at radius 3 is 2.29 bits per heavy atom. The third kappa shape index (κ3) is 3.79. The lowest BCUT2D eigenvalue weighted by atomic mass is 9.60. The Labute approximate surface area is 201 Å². The van der Waals surface area contributed by atoms with Gasteiger partial charge in [-0.1, -0.05) is 0 Å². The van der Waals surface area contributed by atoms with E-state index < -0.39 is 6.61 Å². The van der Waals surface area contributed by atoms with Crippen molar-refractivity contribution in [2.24, 2.45) is 10.8 Å². The number of aromatic nitrogens is 4. The van der Waals surface area contributed by atoms with Gasteiger partial charge in [-0.25, -0.2) is 19.4 Å². The molecule has 2 aromatic rings. The number of carbonyl (C=O) groups excluding carboxylic acids is 1. The Kier molecular flexibility index (Phi) is 4.57. The van der Waals surface area contributed by atoms with Crippen molar-refractivity contribution in [2.75, 3.05) is 26.2 Å². The molecule has 2 amide bonds. The van der Waals surface area contributed by atoms with Crippen LogP contribution in [0.4, 0.5) is 13.6 Å². The molecule has 9 nitrogen and oxygen atoms in total. The molecule has 0 radical (unpaired) electrons. The summed E-state index contributed by atoms with van der Waals surface area (Å²) in [5, 5.41) is 4.67. The maximum atomic E-state index is 12.9. The average Bonchev–Trinajstić information content (AvgIpc) is 3.45. The quantitative estimate of drug-likeness (QED) is 0.622. The summed E-state index contributed by atoms with van der Waals surface area (Å²) in [5.74, 6) is 1.99. The fourth-order valence-electron chi connectivity index (χ4n) is 6.41. The second-order valence-electron chi connectivity index (χ2n) is 11.3. The van der Waals surface area contributed by atoms with Gasteiger partial charge in [0.1, 0.15) is 18.2 Å². The lowest BCUT2D eigenvalue weighted by Gasteiger charge is -2.63. The largest absolute Gasteiger partial charge is 0.489 e.